The molecule has 0 saturated heterocycles. The first-order valence-electron chi connectivity index (χ1n) is 7.04. The maximum Gasteiger partial charge on any atom is 0.206 e. The first-order valence-corrected chi connectivity index (χ1v) is 7.04. The Morgan fingerprint density at radius 3 is 2.52 bits per heavy atom. The maximum absolute atomic E-state index is 13.8. The number of aryl methyl sites for hydroxylation is 1. The number of aromatic nitrogens is 4. The Hall–Kier alpha value is -2.64. The van der Waals surface area contributed by atoms with E-state index in [2.05, 4.69) is 15.4 Å². The van der Waals surface area contributed by atoms with Gasteiger partial charge in [-0.25, -0.2) is 4.39 Å². The normalized spacial score (nSPS) is 13.7. The average Bonchev–Trinajstić information content (AvgIpc) is 3.06. The molecule has 0 spiro atoms. The van der Waals surface area contributed by atoms with E-state index < -0.39 is 18.0 Å². The highest BCUT2D eigenvalue weighted by molar-refractivity contribution is 5.35. The van der Waals surface area contributed by atoms with Crippen molar-refractivity contribution in [2.45, 2.75) is 19.1 Å². The quantitative estimate of drug-likeness (QED) is 0.768. The van der Waals surface area contributed by atoms with Gasteiger partial charge in [0.25, 0.3) is 0 Å². The van der Waals surface area contributed by atoms with Gasteiger partial charge in [0.05, 0.1) is 0 Å². The van der Waals surface area contributed by atoms with Crippen LogP contribution in [0.3, 0.4) is 0 Å². The van der Waals surface area contributed by atoms with Crippen LogP contribution in [0.25, 0.3) is 5.69 Å². The first-order chi connectivity index (χ1) is 11.1. The second kappa shape index (κ2) is 6.23. The third-order valence-corrected chi connectivity index (χ3v) is 3.45. The number of halogens is 1. The topological polar surface area (TPSA) is 84.1 Å². The molecule has 3 rings (SSSR count). The van der Waals surface area contributed by atoms with Crippen molar-refractivity contribution in [3.8, 4) is 5.69 Å². The van der Waals surface area contributed by atoms with E-state index in [0.29, 0.717) is 5.56 Å². The van der Waals surface area contributed by atoms with Gasteiger partial charge >= 0.3 is 0 Å². The molecular weight excluding hydrogens is 299 g/mol. The van der Waals surface area contributed by atoms with E-state index >= 15 is 0 Å². The fourth-order valence-corrected chi connectivity index (χ4v) is 2.20. The second-order valence-corrected chi connectivity index (χ2v) is 5.19. The molecule has 0 aliphatic carbocycles. The van der Waals surface area contributed by atoms with Crippen LogP contribution in [-0.2, 0) is 0 Å². The second-order valence-electron chi connectivity index (χ2n) is 5.19. The van der Waals surface area contributed by atoms with Gasteiger partial charge in [-0.05, 0) is 35.4 Å². The molecule has 0 bridgehead atoms. The number of rotatable bonds is 4. The van der Waals surface area contributed by atoms with E-state index in [0.717, 1.165) is 10.4 Å². The Morgan fingerprint density at radius 2 is 1.78 bits per heavy atom. The lowest BCUT2D eigenvalue weighted by atomic mass is 10.0. The summed E-state index contributed by atoms with van der Waals surface area (Å²) in [6.07, 6.45) is -2.56. The average molecular weight is 314 g/mol. The minimum absolute atomic E-state index is 0.0812. The van der Waals surface area contributed by atoms with Gasteiger partial charge < -0.3 is 10.2 Å². The molecule has 0 radical (unpaired) electrons. The summed E-state index contributed by atoms with van der Waals surface area (Å²) in [5.74, 6) is -0.583. The van der Waals surface area contributed by atoms with Crippen LogP contribution >= 0.6 is 0 Å². The Labute approximate surface area is 131 Å². The zero-order chi connectivity index (χ0) is 16.4. The Kier molecular flexibility index (Phi) is 4.14. The maximum atomic E-state index is 13.8. The Morgan fingerprint density at radius 1 is 1.04 bits per heavy atom. The lowest BCUT2D eigenvalue weighted by Crippen LogP contribution is -2.12. The summed E-state index contributed by atoms with van der Waals surface area (Å²) in [6, 6.07) is 13.2. The molecule has 23 heavy (non-hydrogen) atoms. The summed E-state index contributed by atoms with van der Waals surface area (Å²) >= 11 is 0. The Balaban J connectivity index is 1.88. The lowest BCUT2D eigenvalue weighted by Gasteiger charge is -2.14. The fourth-order valence-electron chi connectivity index (χ4n) is 2.20. The standard InChI is InChI=1S/C16H15FN4O2/c1-10-7-8-12(17)13(9-10)21-19-16(18-20-21)15(23)14(22)11-5-3-2-4-6-11/h2-9,14-15,22-23H,1H3. The van der Waals surface area contributed by atoms with Gasteiger partial charge in [0, 0.05) is 0 Å². The molecule has 0 amide bonds. The van der Waals surface area contributed by atoms with Gasteiger partial charge in [0.2, 0.25) is 5.82 Å². The monoisotopic (exact) mass is 314 g/mol. The van der Waals surface area contributed by atoms with Crippen molar-refractivity contribution in [2.75, 3.05) is 0 Å². The minimum atomic E-state index is -1.36. The van der Waals surface area contributed by atoms with Crippen LogP contribution in [0.1, 0.15) is 29.2 Å². The molecule has 2 atom stereocenters. The number of tetrazole rings is 1. The lowest BCUT2D eigenvalue weighted by molar-refractivity contribution is 0.0117. The number of benzene rings is 2. The van der Waals surface area contributed by atoms with Crippen LogP contribution < -0.4 is 0 Å². The summed E-state index contributed by atoms with van der Waals surface area (Å²) in [6.45, 7) is 1.81. The van der Waals surface area contributed by atoms with Crippen molar-refractivity contribution >= 4 is 0 Å². The summed E-state index contributed by atoms with van der Waals surface area (Å²) in [7, 11) is 0. The van der Waals surface area contributed by atoms with E-state index in [4.69, 9.17) is 0 Å². The van der Waals surface area contributed by atoms with Crippen LogP contribution in [0.15, 0.2) is 48.5 Å². The molecule has 1 aromatic heterocycles. The molecule has 7 heteroatoms. The number of hydrogen-bond donors (Lipinski definition) is 2. The van der Waals surface area contributed by atoms with E-state index in [1.165, 1.54) is 6.07 Å². The van der Waals surface area contributed by atoms with E-state index in [1.54, 1.807) is 42.5 Å². The van der Waals surface area contributed by atoms with E-state index in [-0.39, 0.29) is 11.5 Å². The van der Waals surface area contributed by atoms with E-state index in [9.17, 15) is 14.6 Å². The third kappa shape index (κ3) is 3.10. The van der Waals surface area contributed by atoms with Crippen molar-refractivity contribution in [2.24, 2.45) is 0 Å². The molecule has 3 aromatic rings. The number of nitrogens with zero attached hydrogens (tertiary/aromatic N) is 4. The molecule has 2 N–H and O–H groups in total. The molecule has 118 valence electrons. The molecule has 6 nitrogen and oxygen atoms in total. The first kappa shape index (κ1) is 15.3. The minimum Gasteiger partial charge on any atom is -0.385 e. The number of aliphatic hydroxyl groups is 2. The predicted molar refractivity (Wildman–Crippen MR) is 80.2 cm³/mol. The number of hydrogen-bond acceptors (Lipinski definition) is 5. The number of aliphatic hydroxyl groups excluding tert-OH is 2. The highest BCUT2D eigenvalue weighted by Gasteiger charge is 2.25. The largest absolute Gasteiger partial charge is 0.385 e. The summed E-state index contributed by atoms with van der Waals surface area (Å²) < 4.78 is 13.8. The van der Waals surface area contributed by atoms with Gasteiger partial charge in [0.1, 0.15) is 17.9 Å². The van der Waals surface area contributed by atoms with Crippen molar-refractivity contribution in [3.63, 3.8) is 0 Å². The van der Waals surface area contributed by atoms with Gasteiger partial charge in [-0.15, -0.1) is 15.0 Å². The molecule has 1 heterocycles. The van der Waals surface area contributed by atoms with Gasteiger partial charge in [0.15, 0.2) is 5.82 Å². The van der Waals surface area contributed by atoms with Gasteiger partial charge in [-0.3, -0.25) is 0 Å². The van der Waals surface area contributed by atoms with Gasteiger partial charge in [-0.2, -0.15) is 0 Å². The zero-order valence-electron chi connectivity index (χ0n) is 12.3. The molecule has 2 unspecified atom stereocenters. The highest BCUT2D eigenvalue weighted by atomic mass is 19.1. The fraction of sp³-hybridized carbons (Fsp3) is 0.188. The summed E-state index contributed by atoms with van der Waals surface area (Å²) in [4.78, 5) is 0.999. The third-order valence-electron chi connectivity index (χ3n) is 3.45. The van der Waals surface area contributed by atoms with Crippen LogP contribution in [0, 0.1) is 12.7 Å². The highest BCUT2D eigenvalue weighted by Crippen LogP contribution is 2.26. The van der Waals surface area contributed by atoms with Crippen LogP contribution in [0.5, 0.6) is 0 Å². The van der Waals surface area contributed by atoms with Crippen LogP contribution in [0.4, 0.5) is 4.39 Å². The molecule has 0 saturated carbocycles. The van der Waals surface area contributed by atoms with E-state index in [1.807, 2.05) is 6.92 Å². The van der Waals surface area contributed by atoms with Crippen molar-refractivity contribution in [1.82, 2.24) is 20.2 Å². The van der Waals surface area contributed by atoms with Crippen LogP contribution in [0.2, 0.25) is 0 Å². The summed E-state index contributed by atoms with van der Waals surface area (Å²) in [5, 5.41) is 31.8. The SMILES string of the molecule is Cc1ccc(F)c(-n2nnc(C(O)C(O)c3ccccc3)n2)c1. The van der Waals surface area contributed by atoms with Gasteiger partial charge in [-0.1, -0.05) is 36.4 Å². The molecule has 0 aliphatic rings. The molecular formula is C16H15FN4O2. The van der Waals surface area contributed by atoms with Crippen molar-refractivity contribution in [1.29, 1.82) is 0 Å². The zero-order valence-corrected chi connectivity index (χ0v) is 12.3. The van der Waals surface area contributed by atoms with Crippen molar-refractivity contribution < 1.29 is 14.6 Å². The molecule has 0 aliphatic heterocycles. The van der Waals surface area contributed by atoms with Crippen LogP contribution in [-0.4, -0.2) is 30.4 Å². The smallest absolute Gasteiger partial charge is 0.206 e. The van der Waals surface area contributed by atoms with Crippen molar-refractivity contribution in [3.05, 3.63) is 71.3 Å². The summed E-state index contributed by atoms with van der Waals surface area (Å²) in [5.41, 5.74) is 1.49. The Bertz CT molecular complexity index is 807. The molecule has 0 fully saturated rings. The molecule has 2 aromatic carbocycles. The predicted octanol–water partition coefficient (Wildman–Crippen LogP) is 1.88.